The third-order valence-electron chi connectivity index (χ3n) is 4.67. The third kappa shape index (κ3) is 5.53. The normalized spacial score (nSPS) is 14.2. The number of rotatable bonds is 6. The first-order valence-electron chi connectivity index (χ1n) is 9.55. The molecule has 11 heteroatoms. The Balaban J connectivity index is 1.60. The molecule has 7 nitrogen and oxygen atoms in total. The Morgan fingerprint density at radius 2 is 1.76 bits per heavy atom. The van der Waals surface area contributed by atoms with Crippen molar-refractivity contribution in [2.45, 2.75) is 6.61 Å². The number of esters is 1. The molecule has 3 aromatic rings. The van der Waals surface area contributed by atoms with E-state index in [-0.39, 0.29) is 27.9 Å². The zero-order valence-electron chi connectivity index (χ0n) is 16.9. The van der Waals surface area contributed by atoms with Crippen LogP contribution in [0.5, 0.6) is 5.75 Å². The van der Waals surface area contributed by atoms with Crippen molar-refractivity contribution >= 4 is 92.0 Å². The van der Waals surface area contributed by atoms with Gasteiger partial charge in [0.05, 0.1) is 22.6 Å². The van der Waals surface area contributed by atoms with E-state index in [4.69, 9.17) is 32.7 Å². The Bertz CT molecular complexity index is 1370. The maximum Gasteiger partial charge on any atom is 0.363 e. The van der Waals surface area contributed by atoms with Crippen molar-refractivity contribution in [2.75, 3.05) is 0 Å². The van der Waals surface area contributed by atoms with E-state index in [1.54, 1.807) is 6.08 Å². The van der Waals surface area contributed by atoms with Crippen LogP contribution in [-0.2, 0) is 16.1 Å². The van der Waals surface area contributed by atoms with Gasteiger partial charge in [-0.3, -0.25) is 10.1 Å². The number of hydrogen-bond acceptors (Lipinski definition) is 6. The van der Waals surface area contributed by atoms with Crippen molar-refractivity contribution in [1.82, 2.24) is 0 Å². The van der Waals surface area contributed by atoms with Crippen LogP contribution in [0.3, 0.4) is 0 Å². The first kappa shape index (κ1) is 24.9. The van der Waals surface area contributed by atoms with E-state index in [1.807, 2.05) is 36.4 Å². The minimum Gasteiger partial charge on any atom is -0.487 e. The topological polar surface area (TPSA) is 91.0 Å². The van der Waals surface area contributed by atoms with Crippen molar-refractivity contribution < 1.29 is 19.2 Å². The molecular weight excluding hydrogens is 709 g/mol. The molecule has 0 fully saturated rings. The van der Waals surface area contributed by atoms with Gasteiger partial charge < -0.3 is 9.47 Å². The number of ether oxygens (including phenoxy) is 2. The number of nitro groups is 1. The molecule has 34 heavy (non-hydrogen) atoms. The van der Waals surface area contributed by atoms with Gasteiger partial charge in [0.25, 0.3) is 5.69 Å². The lowest BCUT2D eigenvalue weighted by Gasteiger charge is -2.12. The Morgan fingerprint density at radius 1 is 1.06 bits per heavy atom. The summed E-state index contributed by atoms with van der Waals surface area (Å²) in [7, 11) is 0. The summed E-state index contributed by atoms with van der Waals surface area (Å²) in [6.07, 6.45) is 1.57. The maximum absolute atomic E-state index is 12.4. The van der Waals surface area contributed by atoms with Gasteiger partial charge in [0.15, 0.2) is 5.70 Å². The van der Waals surface area contributed by atoms with E-state index in [2.05, 4.69) is 50.2 Å². The van der Waals surface area contributed by atoms with Crippen LogP contribution in [0.2, 0.25) is 10.0 Å². The van der Waals surface area contributed by atoms with Crippen LogP contribution >= 0.6 is 68.4 Å². The molecule has 1 heterocycles. The molecule has 0 bridgehead atoms. The van der Waals surface area contributed by atoms with Crippen LogP contribution in [-0.4, -0.2) is 16.8 Å². The highest BCUT2D eigenvalue weighted by Gasteiger charge is 2.27. The summed E-state index contributed by atoms with van der Waals surface area (Å²) in [5.74, 6) is -0.0690. The summed E-state index contributed by atoms with van der Waals surface area (Å²) in [5.41, 5.74) is 1.61. The molecule has 4 rings (SSSR count). The van der Waals surface area contributed by atoms with E-state index in [0.717, 1.165) is 12.7 Å². The smallest absolute Gasteiger partial charge is 0.363 e. The zero-order valence-corrected chi connectivity index (χ0v) is 22.8. The van der Waals surface area contributed by atoms with Crippen molar-refractivity contribution in [3.63, 3.8) is 0 Å². The number of nitrogens with zero attached hydrogens (tertiary/aromatic N) is 2. The highest BCUT2D eigenvalue weighted by atomic mass is 127. The first-order chi connectivity index (χ1) is 16.2. The van der Waals surface area contributed by atoms with E-state index in [9.17, 15) is 14.9 Å². The van der Waals surface area contributed by atoms with E-state index in [1.165, 1.54) is 18.2 Å². The molecule has 0 unspecified atom stereocenters. The molecule has 0 saturated heterocycles. The summed E-state index contributed by atoms with van der Waals surface area (Å²) in [4.78, 5) is 27.1. The molecule has 0 aromatic heterocycles. The molecule has 0 N–H and O–H groups in total. The fourth-order valence-corrected chi connectivity index (χ4v) is 5.56. The number of non-ortho nitro benzene ring substituents is 1. The van der Waals surface area contributed by atoms with Gasteiger partial charge in [0, 0.05) is 22.7 Å². The Morgan fingerprint density at radius 3 is 2.44 bits per heavy atom. The van der Waals surface area contributed by atoms with E-state index in [0.29, 0.717) is 22.9 Å². The molecule has 1 aliphatic heterocycles. The lowest BCUT2D eigenvalue weighted by Crippen LogP contribution is -2.06. The van der Waals surface area contributed by atoms with Gasteiger partial charge >= 0.3 is 5.97 Å². The Hall–Kier alpha value is -2.22. The summed E-state index contributed by atoms with van der Waals surface area (Å²) in [6, 6.07) is 15.0. The van der Waals surface area contributed by atoms with Gasteiger partial charge in [-0.05, 0) is 81.1 Å². The van der Waals surface area contributed by atoms with Crippen molar-refractivity contribution in [3.05, 3.63) is 104 Å². The zero-order chi connectivity index (χ0) is 24.4. The lowest BCUT2D eigenvalue weighted by atomic mass is 10.2. The predicted molar refractivity (Wildman–Crippen MR) is 146 cm³/mol. The summed E-state index contributed by atoms with van der Waals surface area (Å²) in [5, 5.41) is 11.9. The predicted octanol–water partition coefficient (Wildman–Crippen LogP) is 7.03. The van der Waals surface area contributed by atoms with E-state index < -0.39 is 10.9 Å². The van der Waals surface area contributed by atoms with Gasteiger partial charge in [-0.15, -0.1) is 0 Å². The number of carbonyl (C=O) groups excluding carboxylic acids is 1. The average molecular weight is 721 g/mol. The molecule has 3 aromatic carbocycles. The minimum absolute atomic E-state index is 0.0499. The number of halogens is 4. The second-order valence-corrected chi connectivity index (χ2v) is 10.1. The first-order valence-corrected chi connectivity index (χ1v) is 12.5. The van der Waals surface area contributed by atoms with Crippen LogP contribution < -0.4 is 4.74 Å². The molecular formula is C23H12Cl2I2N2O5. The summed E-state index contributed by atoms with van der Waals surface area (Å²) < 4.78 is 12.9. The third-order valence-corrected chi connectivity index (χ3v) is 6.97. The molecule has 0 radical (unpaired) electrons. The molecule has 0 aliphatic carbocycles. The maximum atomic E-state index is 12.4. The van der Waals surface area contributed by atoms with Crippen LogP contribution in [0.1, 0.15) is 16.7 Å². The number of benzene rings is 3. The largest absolute Gasteiger partial charge is 0.487 e. The molecule has 0 saturated carbocycles. The number of nitro benzene ring substituents is 1. The quantitative estimate of drug-likeness (QED) is 0.0897. The van der Waals surface area contributed by atoms with Crippen molar-refractivity contribution in [3.8, 4) is 5.75 Å². The molecule has 0 spiro atoms. The highest BCUT2D eigenvalue weighted by molar-refractivity contribution is 14.1. The molecule has 0 atom stereocenters. The number of cyclic esters (lactones) is 1. The fraction of sp³-hybridized carbons (Fsp3) is 0.0435. The van der Waals surface area contributed by atoms with Crippen LogP contribution in [0, 0.1) is 17.3 Å². The number of aliphatic imine (C=N–C) groups is 1. The Labute approximate surface area is 231 Å². The molecule has 0 amide bonds. The van der Waals surface area contributed by atoms with E-state index >= 15 is 0 Å². The fourth-order valence-electron chi connectivity index (χ4n) is 3.04. The molecule has 172 valence electrons. The summed E-state index contributed by atoms with van der Waals surface area (Å²) in [6.45, 7) is 0.316. The standard InChI is InChI=1S/C23H12Cl2I2N2O5/c24-16-4-2-1-3-13(16)11-33-21-18(26)7-12(8-19(21)27)9-20-23(30)34-22(28-20)15-10-14(29(31)32)5-6-17(15)25/h1-10H,11H2/b20-9-. The van der Waals surface area contributed by atoms with Crippen LogP contribution in [0.4, 0.5) is 5.69 Å². The van der Waals surface area contributed by atoms with Gasteiger partial charge in [0.1, 0.15) is 12.4 Å². The van der Waals surface area contributed by atoms with Gasteiger partial charge in [-0.1, -0.05) is 41.4 Å². The number of hydrogen-bond donors (Lipinski definition) is 0. The monoisotopic (exact) mass is 720 g/mol. The lowest BCUT2D eigenvalue weighted by molar-refractivity contribution is -0.384. The van der Waals surface area contributed by atoms with Gasteiger partial charge in [-0.25, -0.2) is 9.79 Å². The van der Waals surface area contributed by atoms with Crippen LogP contribution in [0.15, 0.2) is 65.3 Å². The van der Waals surface area contributed by atoms with Crippen molar-refractivity contribution in [1.29, 1.82) is 0 Å². The van der Waals surface area contributed by atoms with Crippen LogP contribution in [0.25, 0.3) is 6.08 Å². The number of carbonyl (C=O) groups is 1. The summed E-state index contributed by atoms with van der Waals surface area (Å²) >= 11 is 16.7. The second kappa shape index (κ2) is 10.6. The minimum atomic E-state index is -0.679. The van der Waals surface area contributed by atoms with Gasteiger partial charge in [0.2, 0.25) is 5.90 Å². The van der Waals surface area contributed by atoms with Crippen molar-refractivity contribution in [2.24, 2.45) is 4.99 Å². The molecule has 1 aliphatic rings. The Kier molecular flexibility index (Phi) is 7.75. The second-order valence-electron chi connectivity index (χ2n) is 6.95. The highest BCUT2D eigenvalue weighted by Crippen LogP contribution is 2.32. The average Bonchev–Trinajstić information content (AvgIpc) is 3.14. The van der Waals surface area contributed by atoms with Gasteiger partial charge in [-0.2, -0.15) is 0 Å². The SMILES string of the molecule is O=C1OC(c2cc([N+](=O)[O-])ccc2Cl)=N/C1=C\c1cc(I)c(OCc2ccccc2Cl)c(I)c1.